The van der Waals surface area contributed by atoms with E-state index in [9.17, 15) is 4.79 Å². The standard InChI is InChI=1S/C19H39N5O.HI/c1-7-20-18(23(6)15-17(25)22-19(3,4)5)21-12-9-16-10-13-24(8-2)14-11-16;/h16H,7-15H2,1-6H3,(H,20,21)(H,22,25);1H. The molecule has 154 valence electrons. The lowest BCUT2D eigenvalue weighted by molar-refractivity contribution is -0.122. The molecule has 0 aromatic rings. The van der Waals surface area contributed by atoms with Gasteiger partial charge in [-0.05, 0) is 72.5 Å². The molecule has 1 rings (SSSR count). The molecular formula is C19H40IN5O. The minimum atomic E-state index is -0.208. The van der Waals surface area contributed by atoms with Crippen molar-refractivity contribution in [3.8, 4) is 0 Å². The van der Waals surface area contributed by atoms with Crippen LogP contribution in [0.15, 0.2) is 4.99 Å². The number of halogens is 1. The highest BCUT2D eigenvalue weighted by molar-refractivity contribution is 14.0. The van der Waals surface area contributed by atoms with Gasteiger partial charge in [0.2, 0.25) is 5.91 Å². The third-order valence-electron chi connectivity index (χ3n) is 4.54. The maximum absolute atomic E-state index is 12.1. The van der Waals surface area contributed by atoms with E-state index in [2.05, 4.69) is 29.4 Å². The summed E-state index contributed by atoms with van der Waals surface area (Å²) in [5.41, 5.74) is -0.208. The fourth-order valence-corrected chi connectivity index (χ4v) is 3.16. The molecule has 0 unspecified atom stereocenters. The van der Waals surface area contributed by atoms with Crippen molar-refractivity contribution in [3.05, 3.63) is 0 Å². The Morgan fingerprint density at radius 3 is 2.35 bits per heavy atom. The number of amides is 1. The second kappa shape index (κ2) is 12.8. The number of carbonyl (C=O) groups is 1. The first-order valence-electron chi connectivity index (χ1n) is 9.78. The molecule has 6 nitrogen and oxygen atoms in total. The maximum Gasteiger partial charge on any atom is 0.240 e. The molecule has 1 heterocycles. The van der Waals surface area contributed by atoms with Crippen LogP contribution in [0.4, 0.5) is 0 Å². The van der Waals surface area contributed by atoms with Crippen LogP contribution >= 0.6 is 24.0 Å². The Bertz CT molecular complexity index is 428. The summed E-state index contributed by atoms with van der Waals surface area (Å²) in [5.74, 6) is 1.62. The number of nitrogens with one attached hydrogen (secondary N) is 2. The average Bonchev–Trinajstić information content (AvgIpc) is 2.52. The van der Waals surface area contributed by atoms with E-state index >= 15 is 0 Å². The van der Waals surface area contributed by atoms with Crippen molar-refractivity contribution in [2.45, 2.75) is 59.4 Å². The molecule has 26 heavy (non-hydrogen) atoms. The smallest absolute Gasteiger partial charge is 0.240 e. The minimum absolute atomic E-state index is 0. The summed E-state index contributed by atoms with van der Waals surface area (Å²) < 4.78 is 0. The van der Waals surface area contributed by atoms with Gasteiger partial charge in [0.05, 0.1) is 6.54 Å². The largest absolute Gasteiger partial charge is 0.357 e. The quantitative estimate of drug-likeness (QED) is 0.334. The molecule has 2 N–H and O–H groups in total. The normalized spacial score (nSPS) is 16.8. The number of piperidine rings is 1. The molecule has 0 saturated carbocycles. The summed E-state index contributed by atoms with van der Waals surface area (Å²) in [5, 5.41) is 6.29. The molecule has 1 aliphatic heterocycles. The zero-order valence-corrected chi connectivity index (χ0v) is 19.9. The molecule has 0 aliphatic carbocycles. The van der Waals surface area contributed by atoms with Crippen LogP contribution in [-0.2, 0) is 4.79 Å². The van der Waals surface area contributed by atoms with Gasteiger partial charge in [-0.25, -0.2) is 0 Å². The molecule has 1 saturated heterocycles. The van der Waals surface area contributed by atoms with Crippen LogP contribution in [0.1, 0.15) is 53.9 Å². The second-order valence-corrected chi connectivity index (χ2v) is 8.06. The number of rotatable bonds is 7. The van der Waals surface area contributed by atoms with E-state index in [1.165, 1.54) is 25.9 Å². The highest BCUT2D eigenvalue weighted by atomic mass is 127. The average molecular weight is 481 g/mol. The van der Waals surface area contributed by atoms with Crippen molar-refractivity contribution in [3.63, 3.8) is 0 Å². The Labute approximate surface area is 177 Å². The lowest BCUT2D eigenvalue weighted by Gasteiger charge is -2.30. The Hall–Kier alpha value is -0.570. The fraction of sp³-hybridized carbons (Fsp3) is 0.895. The number of carbonyl (C=O) groups excluding carboxylic acids is 1. The van der Waals surface area contributed by atoms with Crippen molar-refractivity contribution < 1.29 is 4.79 Å². The molecule has 0 bridgehead atoms. The molecule has 0 radical (unpaired) electrons. The Morgan fingerprint density at radius 2 is 1.85 bits per heavy atom. The highest BCUT2D eigenvalue weighted by Gasteiger charge is 2.19. The minimum Gasteiger partial charge on any atom is -0.357 e. The third-order valence-corrected chi connectivity index (χ3v) is 4.54. The first-order valence-corrected chi connectivity index (χ1v) is 9.78. The molecule has 1 fully saturated rings. The van der Waals surface area contributed by atoms with Gasteiger partial charge in [-0.1, -0.05) is 6.92 Å². The number of nitrogens with zero attached hydrogens (tertiary/aromatic N) is 3. The third kappa shape index (κ3) is 10.5. The number of hydrogen-bond donors (Lipinski definition) is 2. The summed E-state index contributed by atoms with van der Waals surface area (Å²) in [6, 6.07) is 0. The summed E-state index contributed by atoms with van der Waals surface area (Å²) in [4.78, 5) is 21.3. The number of hydrogen-bond acceptors (Lipinski definition) is 3. The van der Waals surface area contributed by atoms with Crippen molar-refractivity contribution in [1.29, 1.82) is 0 Å². The van der Waals surface area contributed by atoms with Crippen molar-refractivity contribution in [2.24, 2.45) is 10.9 Å². The Balaban J connectivity index is 0.00000625. The van der Waals surface area contributed by atoms with E-state index in [-0.39, 0.29) is 35.4 Å². The zero-order valence-electron chi connectivity index (χ0n) is 17.6. The number of guanidine groups is 1. The van der Waals surface area contributed by atoms with Crippen LogP contribution in [0.25, 0.3) is 0 Å². The summed E-state index contributed by atoms with van der Waals surface area (Å²) in [6.07, 6.45) is 3.70. The van der Waals surface area contributed by atoms with Crippen molar-refractivity contribution in [1.82, 2.24) is 20.4 Å². The van der Waals surface area contributed by atoms with Crippen LogP contribution in [0, 0.1) is 5.92 Å². The van der Waals surface area contributed by atoms with Crippen LogP contribution in [0.5, 0.6) is 0 Å². The van der Waals surface area contributed by atoms with Gasteiger partial charge in [-0.3, -0.25) is 9.79 Å². The Kier molecular flexibility index (Phi) is 12.5. The predicted molar refractivity (Wildman–Crippen MR) is 121 cm³/mol. The highest BCUT2D eigenvalue weighted by Crippen LogP contribution is 2.20. The lowest BCUT2D eigenvalue weighted by atomic mass is 9.94. The van der Waals surface area contributed by atoms with Gasteiger partial charge in [0.25, 0.3) is 0 Å². The molecule has 0 spiro atoms. The lowest BCUT2D eigenvalue weighted by Crippen LogP contribution is -2.48. The first kappa shape index (κ1) is 25.4. The van der Waals surface area contributed by atoms with E-state index < -0.39 is 0 Å². The van der Waals surface area contributed by atoms with Crippen LogP contribution in [0.2, 0.25) is 0 Å². The molecule has 0 aromatic carbocycles. The van der Waals surface area contributed by atoms with Crippen molar-refractivity contribution >= 4 is 35.8 Å². The van der Waals surface area contributed by atoms with Gasteiger partial charge in [0.1, 0.15) is 0 Å². The van der Waals surface area contributed by atoms with Crippen molar-refractivity contribution in [2.75, 3.05) is 46.3 Å². The molecular weight excluding hydrogens is 441 g/mol. The number of likely N-dealkylation sites (tertiary alicyclic amines) is 1. The zero-order chi connectivity index (χ0) is 18.9. The van der Waals surface area contributed by atoms with Crippen LogP contribution < -0.4 is 10.6 Å². The van der Waals surface area contributed by atoms with Gasteiger partial charge in [-0.2, -0.15) is 0 Å². The van der Waals surface area contributed by atoms with E-state index in [0.29, 0.717) is 6.54 Å². The van der Waals surface area contributed by atoms with Gasteiger partial charge >= 0.3 is 0 Å². The molecule has 0 aromatic heterocycles. The summed E-state index contributed by atoms with van der Waals surface area (Å²) >= 11 is 0. The van der Waals surface area contributed by atoms with Crippen LogP contribution in [-0.4, -0.2) is 73.5 Å². The number of likely N-dealkylation sites (N-methyl/N-ethyl adjacent to an activating group) is 1. The van der Waals surface area contributed by atoms with Crippen LogP contribution in [0.3, 0.4) is 0 Å². The monoisotopic (exact) mass is 481 g/mol. The molecule has 1 amide bonds. The van der Waals surface area contributed by atoms with Gasteiger partial charge < -0.3 is 20.4 Å². The van der Waals surface area contributed by atoms with E-state index in [0.717, 1.165) is 37.9 Å². The SMILES string of the molecule is CCNC(=NCCC1CCN(CC)CC1)N(C)CC(=O)NC(C)(C)C.I. The second-order valence-electron chi connectivity index (χ2n) is 8.06. The Morgan fingerprint density at radius 1 is 1.23 bits per heavy atom. The van der Waals surface area contributed by atoms with E-state index in [1.807, 2.05) is 32.7 Å². The maximum atomic E-state index is 12.1. The summed E-state index contributed by atoms with van der Waals surface area (Å²) in [6.45, 7) is 15.8. The molecule has 1 aliphatic rings. The topological polar surface area (TPSA) is 60.0 Å². The number of aliphatic imine (C=N–C) groups is 1. The molecule has 7 heteroatoms. The van der Waals surface area contributed by atoms with Gasteiger partial charge in [-0.15, -0.1) is 24.0 Å². The molecule has 0 atom stereocenters. The predicted octanol–water partition coefficient (Wildman–Crippen LogP) is 2.54. The van der Waals surface area contributed by atoms with Gasteiger partial charge in [0, 0.05) is 25.7 Å². The summed E-state index contributed by atoms with van der Waals surface area (Å²) in [7, 11) is 1.92. The first-order chi connectivity index (χ1) is 11.7. The van der Waals surface area contributed by atoms with E-state index in [1.54, 1.807) is 0 Å². The fourth-order valence-electron chi connectivity index (χ4n) is 3.16. The van der Waals surface area contributed by atoms with Gasteiger partial charge in [0.15, 0.2) is 5.96 Å². The van der Waals surface area contributed by atoms with E-state index in [4.69, 9.17) is 4.99 Å².